The average Bonchev–Trinajstić information content (AvgIpc) is 3.53. The van der Waals surface area contributed by atoms with E-state index < -0.39 is 9.84 Å². The summed E-state index contributed by atoms with van der Waals surface area (Å²) in [6, 6.07) is 8.06. The minimum Gasteiger partial charge on any atom is -0.493 e. The third kappa shape index (κ3) is 6.37. The lowest BCUT2D eigenvalue weighted by Crippen LogP contribution is -2.38. The number of ether oxygens (including phenoxy) is 1. The molecule has 2 fully saturated rings. The molecular weight excluding hydrogens is 506 g/mol. The Kier molecular flexibility index (Phi) is 8.04. The number of hydrogen-bond acceptors (Lipinski definition) is 9. The summed E-state index contributed by atoms with van der Waals surface area (Å²) in [4.78, 5) is 26.0. The second-order valence-corrected chi connectivity index (χ2v) is 12.9. The molecule has 3 aliphatic rings. The Morgan fingerprint density at radius 2 is 1.97 bits per heavy atom. The van der Waals surface area contributed by atoms with Crippen LogP contribution in [0, 0.1) is 5.92 Å². The molecule has 1 amide bonds. The summed E-state index contributed by atoms with van der Waals surface area (Å²) in [5.74, 6) is 2.53. The predicted molar refractivity (Wildman–Crippen MR) is 146 cm³/mol. The van der Waals surface area contributed by atoms with Crippen molar-refractivity contribution in [1.29, 1.82) is 0 Å². The SMILES string of the molecule is CS(=O)(=O)CCCOc1cccc2c1CCN2c1ccnc(NC2CCC(C(=O)N3CC[C@@H](O)C3)CC2)n1. The molecule has 2 N–H and O–H groups in total. The summed E-state index contributed by atoms with van der Waals surface area (Å²) in [7, 11) is -3.00. The first-order valence-electron chi connectivity index (χ1n) is 13.5. The number of aliphatic hydroxyl groups is 1. The van der Waals surface area contributed by atoms with Gasteiger partial charge in [0.25, 0.3) is 0 Å². The van der Waals surface area contributed by atoms with Gasteiger partial charge in [0.05, 0.1) is 18.5 Å². The molecule has 0 bridgehead atoms. The normalized spacial score (nSPS) is 23.4. The number of aromatic nitrogens is 2. The molecule has 1 saturated heterocycles. The van der Waals surface area contributed by atoms with Crippen LogP contribution in [0.3, 0.4) is 0 Å². The number of hydrogen-bond donors (Lipinski definition) is 2. The number of rotatable bonds is 9. The van der Waals surface area contributed by atoms with Gasteiger partial charge < -0.3 is 25.0 Å². The molecule has 0 radical (unpaired) electrons. The van der Waals surface area contributed by atoms with E-state index in [1.807, 2.05) is 23.1 Å². The third-order valence-corrected chi connectivity index (χ3v) is 8.73. The summed E-state index contributed by atoms with van der Waals surface area (Å²) >= 11 is 0. The van der Waals surface area contributed by atoms with Gasteiger partial charge in [0.15, 0.2) is 0 Å². The predicted octanol–water partition coefficient (Wildman–Crippen LogP) is 2.55. The van der Waals surface area contributed by atoms with Crippen molar-refractivity contribution in [3.8, 4) is 5.75 Å². The monoisotopic (exact) mass is 543 g/mol. The maximum atomic E-state index is 12.8. The minimum atomic E-state index is -3.00. The number of nitrogens with one attached hydrogen (secondary N) is 1. The van der Waals surface area contributed by atoms with E-state index in [4.69, 9.17) is 9.72 Å². The Hall–Kier alpha value is -2.92. The van der Waals surface area contributed by atoms with E-state index in [9.17, 15) is 18.3 Å². The molecule has 2 aliphatic heterocycles. The second-order valence-electron chi connectivity index (χ2n) is 10.6. The van der Waals surface area contributed by atoms with E-state index >= 15 is 0 Å². The van der Waals surface area contributed by atoms with Crippen LogP contribution in [0.25, 0.3) is 0 Å². The number of carbonyl (C=O) groups is 1. The van der Waals surface area contributed by atoms with Gasteiger partial charge in [0.2, 0.25) is 11.9 Å². The van der Waals surface area contributed by atoms with Crippen molar-refractivity contribution in [3.05, 3.63) is 36.0 Å². The van der Waals surface area contributed by atoms with Crippen molar-refractivity contribution in [3.63, 3.8) is 0 Å². The highest BCUT2D eigenvalue weighted by atomic mass is 32.2. The fraction of sp³-hybridized carbons (Fsp3) is 0.593. The number of β-amino-alcohol motifs (C(OH)–C–C–N with tert-alkyl or cyclic N) is 1. The van der Waals surface area contributed by atoms with Crippen molar-refractivity contribution in [2.45, 2.75) is 57.1 Å². The van der Waals surface area contributed by atoms with E-state index in [0.29, 0.717) is 38.5 Å². The van der Waals surface area contributed by atoms with Gasteiger partial charge in [0, 0.05) is 55.3 Å². The molecule has 38 heavy (non-hydrogen) atoms. The number of benzene rings is 1. The average molecular weight is 544 g/mol. The van der Waals surface area contributed by atoms with Gasteiger partial charge in [-0.3, -0.25) is 4.79 Å². The summed E-state index contributed by atoms with van der Waals surface area (Å²) in [5, 5.41) is 13.2. The van der Waals surface area contributed by atoms with Crippen molar-refractivity contribution in [1.82, 2.24) is 14.9 Å². The number of carbonyl (C=O) groups excluding carboxylic acids is 1. The highest BCUT2D eigenvalue weighted by Gasteiger charge is 2.33. The van der Waals surface area contributed by atoms with Crippen LogP contribution in [0.15, 0.2) is 30.5 Å². The molecule has 206 valence electrons. The zero-order chi connectivity index (χ0) is 26.7. The first-order chi connectivity index (χ1) is 18.3. The molecule has 0 spiro atoms. The lowest BCUT2D eigenvalue weighted by atomic mass is 9.85. The first-order valence-corrected chi connectivity index (χ1v) is 15.6. The van der Waals surface area contributed by atoms with Gasteiger partial charge in [-0.15, -0.1) is 0 Å². The van der Waals surface area contributed by atoms with Crippen LogP contribution in [-0.4, -0.2) is 84.7 Å². The third-order valence-electron chi connectivity index (χ3n) is 7.70. The summed E-state index contributed by atoms with van der Waals surface area (Å²) in [6.45, 7) is 2.26. The number of anilines is 3. The molecule has 11 heteroatoms. The molecule has 1 aliphatic carbocycles. The summed E-state index contributed by atoms with van der Waals surface area (Å²) in [6.07, 6.45) is 8.00. The van der Waals surface area contributed by atoms with E-state index in [1.165, 1.54) is 6.26 Å². The van der Waals surface area contributed by atoms with E-state index in [1.54, 1.807) is 6.20 Å². The van der Waals surface area contributed by atoms with E-state index in [-0.39, 0.29) is 29.7 Å². The Bertz CT molecular complexity index is 1250. The largest absolute Gasteiger partial charge is 0.493 e. The Balaban J connectivity index is 1.17. The number of fused-ring (bicyclic) bond motifs is 1. The maximum absolute atomic E-state index is 12.8. The highest BCUT2D eigenvalue weighted by Crippen LogP contribution is 2.39. The van der Waals surface area contributed by atoms with Crippen LogP contribution in [-0.2, 0) is 21.1 Å². The number of sulfone groups is 1. The number of likely N-dealkylation sites (tertiary alicyclic amines) is 1. The molecule has 3 heterocycles. The van der Waals surface area contributed by atoms with Gasteiger partial charge >= 0.3 is 0 Å². The smallest absolute Gasteiger partial charge is 0.225 e. The fourth-order valence-corrected chi connectivity index (χ4v) is 6.36. The van der Waals surface area contributed by atoms with Crippen LogP contribution in [0.4, 0.5) is 17.5 Å². The van der Waals surface area contributed by atoms with E-state index in [0.717, 1.165) is 61.5 Å². The van der Waals surface area contributed by atoms with Crippen molar-refractivity contribution in [2.75, 3.05) is 48.5 Å². The molecule has 1 aromatic heterocycles. The van der Waals surface area contributed by atoms with Crippen molar-refractivity contribution < 1.29 is 23.1 Å². The molecular formula is C27H37N5O5S. The summed E-state index contributed by atoms with van der Waals surface area (Å²) < 4.78 is 28.7. The van der Waals surface area contributed by atoms with E-state index in [2.05, 4.69) is 21.3 Å². The second kappa shape index (κ2) is 11.4. The van der Waals surface area contributed by atoms with Gasteiger partial charge in [-0.05, 0) is 63.1 Å². The standard InChI is InChI=1S/C27H37N5O5S/c1-38(35,36)17-3-16-37-24-5-2-4-23-22(24)12-15-32(23)25-10-13-28-27(30-25)29-20-8-6-19(7-9-20)26(34)31-14-11-21(33)18-31/h2,4-5,10,13,19-21,33H,3,6-9,11-12,14-18H2,1H3,(H,28,29,30)/t19?,20?,21-/m1/s1. The van der Waals surface area contributed by atoms with Crippen molar-refractivity contribution >= 4 is 33.2 Å². The van der Waals surface area contributed by atoms with Crippen LogP contribution in [0.1, 0.15) is 44.1 Å². The van der Waals surface area contributed by atoms with Crippen LogP contribution in [0.2, 0.25) is 0 Å². The Morgan fingerprint density at radius 3 is 2.71 bits per heavy atom. The van der Waals surface area contributed by atoms with Crippen LogP contribution in [0.5, 0.6) is 5.75 Å². The first kappa shape index (κ1) is 26.7. The number of amides is 1. The molecule has 1 aromatic carbocycles. The maximum Gasteiger partial charge on any atom is 0.225 e. The molecule has 10 nitrogen and oxygen atoms in total. The zero-order valence-electron chi connectivity index (χ0n) is 21.9. The van der Waals surface area contributed by atoms with Crippen LogP contribution >= 0.6 is 0 Å². The fourth-order valence-electron chi connectivity index (χ4n) is 5.72. The van der Waals surface area contributed by atoms with Gasteiger partial charge in [-0.1, -0.05) is 6.07 Å². The van der Waals surface area contributed by atoms with Crippen molar-refractivity contribution in [2.24, 2.45) is 5.92 Å². The molecule has 1 atom stereocenters. The van der Waals surface area contributed by atoms with Crippen LogP contribution < -0.4 is 15.0 Å². The Morgan fingerprint density at radius 1 is 1.16 bits per heavy atom. The number of aliphatic hydroxyl groups excluding tert-OH is 1. The topological polar surface area (TPSA) is 125 Å². The van der Waals surface area contributed by atoms with Gasteiger partial charge in [-0.2, -0.15) is 4.98 Å². The number of nitrogens with zero attached hydrogens (tertiary/aromatic N) is 4. The summed E-state index contributed by atoms with van der Waals surface area (Å²) in [5.41, 5.74) is 2.15. The quantitative estimate of drug-likeness (QED) is 0.459. The lowest BCUT2D eigenvalue weighted by molar-refractivity contribution is -0.135. The Labute approximate surface area is 224 Å². The lowest BCUT2D eigenvalue weighted by Gasteiger charge is -2.31. The van der Waals surface area contributed by atoms with Gasteiger partial charge in [0.1, 0.15) is 21.4 Å². The van der Waals surface area contributed by atoms with Gasteiger partial charge in [-0.25, -0.2) is 13.4 Å². The highest BCUT2D eigenvalue weighted by molar-refractivity contribution is 7.90. The molecule has 0 unspecified atom stereocenters. The molecule has 1 saturated carbocycles. The molecule has 5 rings (SSSR count). The zero-order valence-corrected chi connectivity index (χ0v) is 22.7. The molecule has 2 aromatic rings. The minimum absolute atomic E-state index is 0.0366.